The van der Waals surface area contributed by atoms with Gasteiger partial charge >= 0.3 is 0 Å². The van der Waals surface area contributed by atoms with Crippen LogP contribution in [0.2, 0.25) is 10.0 Å². The number of carbonyl (C=O) groups excluding carboxylic acids is 1. The molecule has 26 heavy (non-hydrogen) atoms. The molecule has 1 aromatic heterocycles. The Morgan fingerprint density at radius 3 is 2.62 bits per heavy atom. The number of methoxy groups -OCH3 is 2. The molecule has 0 saturated heterocycles. The number of halogens is 2. The number of fused-ring (bicyclic) bond motifs is 3. The molecule has 0 spiro atoms. The molecule has 2 aromatic rings. The van der Waals surface area contributed by atoms with Gasteiger partial charge in [0.2, 0.25) is 11.8 Å². The van der Waals surface area contributed by atoms with E-state index in [0.717, 1.165) is 16.5 Å². The van der Waals surface area contributed by atoms with E-state index < -0.39 is 6.61 Å². The zero-order chi connectivity index (χ0) is 18.8. The van der Waals surface area contributed by atoms with E-state index >= 15 is 0 Å². The number of aliphatic hydroxyl groups is 1. The van der Waals surface area contributed by atoms with Crippen LogP contribution in [0.3, 0.4) is 0 Å². The SMILES string of the molecule is COCCOc1nc2c(Cl)c(Cl)c(OC)cc2c2c1CN(C(=O)CO)C2. The first-order chi connectivity index (χ1) is 12.5. The minimum atomic E-state index is -0.560. The molecular weight excluding hydrogens is 383 g/mol. The van der Waals surface area contributed by atoms with E-state index in [1.54, 1.807) is 13.2 Å². The zero-order valence-electron chi connectivity index (χ0n) is 14.3. The number of carbonyl (C=O) groups is 1. The summed E-state index contributed by atoms with van der Waals surface area (Å²) >= 11 is 12.6. The molecule has 140 valence electrons. The van der Waals surface area contributed by atoms with Crippen LogP contribution in [0.15, 0.2) is 6.07 Å². The first-order valence-electron chi connectivity index (χ1n) is 7.89. The number of rotatable bonds is 6. The number of hydrogen-bond donors (Lipinski definition) is 1. The highest BCUT2D eigenvalue weighted by Crippen LogP contribution is 2.43. The fourth-order valence-corrected chi connectivity index (χ4v) is 3.40. The van der Waals surface area contributed by atoms with Crippen molar-refractivity contribution in [2.45, 2.75) is 13.1 Å². The van der Waals surface area contributed by atoms with Crippen molar-refractivity contribution in [3.63, 3.8) is 0 Å². The van der Waals surface area contributed by atoms with Crippen molar-refractivity contribution in [2.75, 3.05) is 34.0 Å². The number of hydrogen-bond acceptors (Lipinski definition) is 6. The van der Waals surface area contributed by atoms with Gasteiger partial charge in [-0.25, -0.2) is 4.98 Å². The number of pyridine rings is 1. The predicted octanol–water partition coefficient (Wildman–Crippen LogP) is 2.41. The van der Waals surface area contributed by atoms with Gasteiger partial charge in [-0.2, -0.15) is 0 Å². The van der Waals surface area contributed by atoms with Gasteiger partial charge in [-0.3, -0.25) is 4.79 Å². The van der Waals surface area contributed by atoms with E-state index in [1.807, 2.05) is 0 Å². The lowest BCUT2D eigenvalue weighted by atomic mass is 10.1. The summed E-state index contributed by atoms with van der Waals surface area (Å²) in [6.45, 7) is 0.745. The van der Waals surface area contributed by atoms with Crippen LogP contribution in [-0.4, -0.2) is 54.9 Å². The summed E-state index contributed by atoms with van der Waals surface area (Å²) in [4.78, 5) is 18.0. The molecule has 1 aliphatic rings. The fraction of sp³-hybridized carbons (Fsp3) is 0.412. The fourth-order valence-electron chi connectivity index (χ4n) is 2.94. The minimum Gasteiger partial charge on any atom is -0.495 e. The van der Waals surface area contributed by atoms with Crippen molar-refractivity contribution >= 4 is 40.0 Å². The van der Waals surface area contributed by atoms with Crippen molar-refractivity contribution in [1.82, 2.24) is 9.88 Å². The molecule has 0 saturated carbocycles. The van der Waals surface area contributed by atoms with Crippen molar-refractivity contribution in [1.29, 1.82) is 0 Å². The summed E-state index contributed by atoms with van der Waals surface area (Å²) in [5.74, 6) is 0.429. The summed E-state index contributed by atoms with van der Waals surface area (Å²) in [5, 5.41) is 10.4. The Hall–Kier alpha value is -1.80. The van der Waals surface area contributed by atoms with Gasteiger partial charge in [0.05, 0.1) is 30.8 Å². The summed E-state index contributed by atoms with van der Waals surface area (Å²) < 4.78 is 16.0. The number of amides is 1. The maximum absolute atomic E-state index is 12.0. The van der Waals surface area contributed by atoms with E-state index in [9.17, 15) is 9.90 Å². The molecule has 1 aliphatic heterocycles. The molecule has 0 atom stereocenters. The van der Waals surface area contributed by atoms with Crippen LogP contribution in [0.1, 0.15) is 11.1 Å². The maximum atomic E-state index is 12.0. The van der Waals surface area contributed by atoms with Crippen molar-refractivity contribution in [3.05, 3.63) is 27.2 Å². The first kappa shape index (κ1) is 19.0. The van der Waals surface area contributed by atoms with E-state index in [0.29, 0.717) is 43.4 Å². The van der Waals surface area contributed by atoms with Gasteiger partial charge in [0.15, 0.2) is 0 Å². The molecule has 0 radical (unpaired) electrons. The standard InChI is InChI=1S/C17H18Cl2N2O5/c1-24-3-4-26-17-11-7-21(13(23)8-22)6-10(11)9-5-12(25-2)14(18)15(19)16(9)20-17/h5,22H,3-4,6-8H2,1-2H3. The molecule has 0 aliphatic carbocycles. The van der Waals surface area contributed by atoms with Crippen LogP contribution < -0.4 is 9.47 Å². The number of benzene rings is 1. The Kier molecular flexibility index (Phi) is 5.72. The molecule has 9 heteroatoms. The molecule has 0 unspecified atom stereocenters. The van der Waals surface area contributed by atoms with E-state index in [-0.39, 0.29) is 16.0 Å². The van der Waals surface area contributed by atoms with Crippen LogP contribution >= 0.6 is 23.2 Å². The highest BCUT2D eigenvalue weighted by atomic mass is 35.5. The largest absolute Gasteiger partial charge is 0.495 e. The molecule has 2 heterocycles. The summed E-state index contributed by atoms with van der Waals surface area (Å²) in [5.41, 5.74) is 2.10. The molecular formula is C17H18Cl2N2O5. The normalized spacial score (nSPS) is 13.2. The average molecular weight is 401 g/mol. The summed E-state index contributed by atoms with van der Waals surface area (Å²) in [6.07, 6.45) is 0. The third kappa shape index (κ3) is 3.27. The van der Waals surface area contributed by atoms with Crippen LogP contribution in [0.4, 0.5) is 0 Å². The lowest BCUT2D eigenvalue weighted by molar-refractivity contribution is -0.134. The number of aromatic nitrogens is 1. The van der Waals surface area contributed by atoms with Crippen LogP contribution in [-0.2, 0) is 22.6 Å². The van der Waals surface area contributed by atoms with Crippen LogP contribution in [0.25, 0.3) is 10.9 Å². The molecule has 1 N–H and O–H groups in total. The van der Waals surface area contributed by atoms with E-state index in [1.165, 1.54) is 12.0 Å². The third-order valence-electron chi connectivity index (χ3n) is 4.24. The zero-order valence-corrected chi connectivity index (χ0v) is 15.9. The molecule has 0 bridgehead atoms. The topological polar surface area (TPSA) is 81.1 Å². The summed E-state index contributed by atoms with van der Waals surface area (Å²) in [7, 11) is 3.08. The van der Waals surface area contributed by atoms with E-state index in [2.05, 4.69) is 4.98 Å². The van der Waals surface area contributed by atoms with Crippen molar-refractivity contribution in [2.24, 2.45) is 0 Å². The van der Waals surface area contributed by atoms with Crippen LogP contribution in [0.5, 0.6) is 11.6 Å². The van der Waals surface area contributed by atoms with Gasteiger partial charge in [0.25, 0.3) is 0 Å². The van der Waals surface area contributed by atoms with Crippen LogP contribution in [0, 0.1) is 0 Å². The number of ether oxygens (including phenoxy) is 3. The smallest absolute Gasteiger partial charge is 0.248 e. The summed E-state index contributed by atoms with van der Waals surface area (Å²) in [6, 6.07) is 1.75. The molecule has 1 amide bonds. The number of aliphatic hydroxyl groups excluding tert-OH is 1. The second-order valence-electron chi connectivity index (χ2n) is 5.73. The maximum Gasteiger partial charge on any atom is 0.248 e. The number of nitrogens with zero attached hydrogens (tertiary/aromatic N) is 2. The van der Waals surface area contributed by atoms with Gasteiger partial charge in [-0.05, 0) is 11.6 Å². The first-order valence-corrected chi connectivity index (χ1v) is 8.65. The van der Waals surface area contributed by atoms with Gasteiger partial charge in [-0.1, -0.05) is 23.2 Å². The third-order valence-corrected chi connectivity index (χ3v) is 5.08. The van der Waals surface area contributed by atoms with E-state index in [4.69, 9.17) is 37.4 Å². The lowest BCUT2D eigenvalue weighted by Crippen LogP contribution is -2.27. The average Bonchev–Trinajstić information content (AvgIpc) is 3.10. The van der Waals surface area contributed by atoms with Gasteiger partial charge in [0, 0.05) is 24.6 Å². The second kappa shape index (κ2) is 7.84. The van der Waals surface area contributed by atoms with Gasteiger partial charge in [-0.15, -0.1) is 0 Å². The molecule has 0 fully saturated rings. The monoisotopic (exact) mass is 400 g/mol. The Morgan fingerprint density at radius 2 is 1.96 bits per heavy atom. The Bertz CT molecular complexity index is 859. The van der Waals surface area contributed by atoms with Crippen molar-refractivity contribution in [3.8, 4) is 11.6 Å². The lowest BCUT2D eigenvalue weighted by Gasteiger charge is -2.14. The highest BCUT2D eigenvalue weighted by molar-refractivity contribution is 6.46. The quantitative estimate of drug-likeness (QED) is 0.749. The minimum absolute atomic E-state index is 0.257. The Labute approximate surface area is 160 Å². The highest BCUT2D eigenvalue weighted by Gasteiger charge is 2.30. The van der Waals surface area contributed by atoms with Gasteiger partial charge in [0.1, 0.15) is 24.0 Å². The molecule has 1 aromatic carbocycles. The Balaban J connectivity index is 2.17. The van der Waals surface area contributed by atoms with Crippen molar-refractivity contribution < 1.29 is 24.1 Å². The Morgan fingerprint density at radius 1 is 1.23 bits per heavy atom. The predicted molar refractivity (Wildman–Crippen MR) is 97.0 cm³/mol. The molecule has 3 rings (SSSR count). The molecule has 7 nitrogen and oxygen atoms in total. The second-order valence-corrected chi connectivity index (χ2v) is 6.48. The van der Waals surface area contributed by atoms with Gasteiger partial charge < -0.3 is 24.2 Å².